The van der Waals surface area contributed by atoms with Crippen LogP contribution in [0.4, 0.5) is 4.39 Å². The van der Waals surface area contributed by atoms with Gasteiger partial charge in [0.2, 0.25) is 0 Å². The number of aromatic nitrogens is 2. The zero-order chi connectivity index (χ0) is 11.3. The number of rotatable bonds is 2. The van der Waals surface area contributed by atoms with Gasteiger partial charge in [0.15, 0.2) is 6.10 Å². The molecule has 0 amide bonds. The van der Waals surface area contributed by atoms with Gasteiger partial charge in [0.1, 0.15) is 16.8 Å². The summed E-state index contributed by atoms with van der Waals surface area (Å²) in [4.78, 5) is 5.31. The Bertz CT molecular complexity index is 591. The van der Waals surface area contributed by atoms with Crippen molar-refractivity contribution in [1.82, 2.24) is 9.38 Å². The van der Waals surface area contributed by atoms with Crippen molar-refractivity contribution in [3.05, 3.63) is 23.1 Å². The van der Waals surface area contributed by atoms with E-state index in [-0.39, 0.29) is 0 Å². The number of nitrogens with zero attached hydrogens (tertiary/aromatic N) is 2. The van der Waals surface area contributed by atoms with Crippen LogP contribution in [0.2, 0.25) is 0 Å². The molecule has 0 saturated heterocycles. The summed E-state index contributed by atoms with van der Waals surface area (Å²) >= 11 is 1.31. The van der Waals surface area contributed by atoms with Gasteiger partial charge in [-0.15, -0.1) is 17.8 Å². The van der Waals surface area contributed by atoms with E-state index in [1.54, 1.807) is 16.9 Å². The third kappa shape index (κ3) is 1.20. The lowest BCUT2D eigenvalue weighted by Crippen LogP contribution is -2.06. The van der Waals surface area contributed by atoms with Crippen molar-refractivity contribution < 1.29 is 9.50 Å². The molecule has 3 nitrogen and oxygen atoms in total. The molecule has 1 aliphatic rings. The van der Waals surface area contributed by atoms with E-state index in [9.17, 15) is 9.50 Å². The molecular formula is C11H9FN2OS. The monoisotopic (exact) mass is 236 g/mol. The van der Waals surface area contributed by atoms with Crippen LogP contribution in [0.3, 0.4) is 0 Å². The van der Waals surface area contributed by atoms with Gasteiger partial charge in [-0.1, -0.05) is 5.92 Å². The standard InChI is InChI=1S/C11H9FN2OS/c1-2-7(15)9-10(11(12)3-4-11)16-8-5-13-6-14(8)9/h1,5-7,15H,3-4H2. The summed E-state index contributed by atoms with van der Waals surface area (Å²) in [6.45, 7) is 0. The van der Waals surface area contributed by atoms with Crippen LogP contribution in [0.5, 0.6) is 0 Å². The molecule has 1 N–H and O–H groups in total. The highest BCUT2D eigenvalue weighted by Gasteiger charge is 2.49. The minimum absolute atomic E-state index is 0.458. The molecule has 1 aliphatic carbocycles. The van der Waals surface area contributed by atoms with Crippen LogP contribution >= 0.6 is 11.3 Å². The van der Waals surface area contributed by atoms with E-state index in [1.807, 2.05) is 0 Å². The third-order valence-corrected chi connectivity index (χ3v) is 4.11. The first kappa shape index (κ1) is 9.82. The zero-order valence-electron chi connectivity index (χ0n) is 8.35. The Labute approximate surface area is 95.6 Å². The molecule has 1 saturated carbocycles. The van der Waals surface area contributed by atoms with E-state index in [1.165, 1.54) is 11.3 Å². The fourth-order valence-electron chi connectivity index (χ4n) is 1.80. The van der Waals surface area contributed by atoms with E-state index in [0.717, 1.165) is 4.83 Å². The van der Waals surface area contributed by atoms with E-state index < -0.39 is 11.8 Å². The Hall–Kier alpha value is -1.38. The van der Waals surface area contributed by atoms with Crippen molar-refractivity contribution in [2.24, 2.45) is 0 Å². The molecule has 2 aromatic rings. The fraction of sp³-hybridized carbons (Fsp3) is 0.364. The van der Waals surface area contributed by atoms with Crippen molar-refractivity contribution in [1.29, 1.82) is 0 Å². The summed E-state index contributed by atoms with van der Waals surface area (Å²) in [5.74, 6) is 2.24. The minimum Gasteiger partial charge on any atom is -0.374 e. The number of alkyl halides is 1. The third-order valence-electron chi connectivity index (χ3n) is 2.82. The van der Waals surface area contributed by atoms with Gasteiger partial charge in [-0.3, -0.25) is 4.40 Å². The lowest BCUT2D eigenvalue weighted by molar-refractivity contribution is 0.225. The number of hydrogen-bond donors (Lipinski definition) is 1. The fourth-order valence-corrected chi connectivity index (χ4v) is 3.07. The summed E-state index contributed by atoms with van der Waals surface area (Å²) in [6.07, 6.45) is 8.34. The Morgan fingerprint density at radius 3 is 3.06 bits per heavy atom. The van der Waals surface area contributed by atoms with Gasteiger partial charge in [0.25, 0.3) is 0 Å². The van der Waals surface area contributed by atoms with E-state index in [0.29, 0.717) is 23.4 Å². The molecule has 0 spiro atoms. The lowest BCUT2D eigenvalue weighted by atomic mass is 10.1. The van der Waals surface area contributed by atoms with E-state index >= 15 is 0 Å². The Morgan fingerprint density at radius 1 is 1.69 bits per heavy atom. The maximum absolute atomic E-state index is 14.1. The molecule has 1 atom stereocenters. The SMILES string of the molecule is C#CC(O)c1c(C2(F)CC2)sc2cncn12. The number of fused-ring (bicyclic) bond motifs is 1. The number of terminal acetylenes is 1. The summed E-state index contributed by atoms with van der Waals surface area (Å²) in [7, 11) is 0. The second-order valence-corrected chi connectivity index (χ2v) is 4.98. The van der Waals surface area contributed by atoms with Crippen LogP contribution in [0.1, 0.15) is 29.5 Å². The molecule has 2 aromatic heterocycles. The first-order chi connectivity index (χ1) is 7.65. The van der Waals surface area contributed by atoms with Gasteiger partial charge in [-0.05, 0) is 12.8 Å². The smallest absolute Gasteiger partial charge is 0.156 e. The first-order valence-corrected chi connectivity index (χ1v) is 5.76. The molecule has 1 unspecified atom stereocenters. The van der Waals surface area contributed by atoms with Crippen LogP contribution in [-0.4, -0.2) is 14.5 Å². The first-order valence-electron chi connectivity index (χ1n) is 4.94. The van der Waals surface area contributed by atoms with Crippen molar-refractivity contribution in [2.45, 2.75) is 24.6 Å². The Kier molecular flexibility index (Phi) is 1.88. The maximum atomic E-state index is 14.1. The normalized spacial score (nSPS) is 19.6. The summed E-state index contributed by atoms with van der Waals surface area (Å²) < 4.78 is 15.8. The molecule has 3 rings (SSSR count). The highest BCUT2D eigenvalue weighted by molar-refractivity contribution is 7.17. The lowest BCUT2D eigenvalue weighted by Gasteiger charge is -2.08. The van der Waals surface area contributed by atoms with Crippen LogP contribution in [0.25, 0.3) is 4.83 Å². The Balaban J connectivity index is 2.27. The van der Waals surface area contributed by atoms with Crippen molar-refractivity contribution in [3.8, 4) is 12.3 Å². The second-order valence-electron chi connectivity index (χ2n) is 3.95. The quantitative estimate of drug-likeness (QED) is 0.810. The van der Waals surface area contributed by atoms with Gasteiger partial charge < -0.3 is 5.11 Å². The van der Waals surface area contributed by atoms with Crippen molar-refractivity contribution >= 4 is 16.2 Å². The molecule has 16 heavy (non-hydrogen) atoms. The molecule has 5 heteroatoms. The summed E-state index contributed by atoms with van der Waals surface area (Å²) in [5.41, 5.74) is -0.823. The number of hydrogen-bond acceptors (Lipinski definition) is 3. The summed E-state index contributed by atoms with van der Waals surface area (Å²) in [5, 5.41) is 9.76. The average molecular weight is 236 g/mol. The maximum Gasteiger partial charge on any atom is 0.156 e. The summed E-state index contributed by atoms with van der Waals surface area (Å²) in [6, 6.07) is 0. The highest BCUT2D eigenvalue weighted by Crippen LogP contribution is 2.54. The number of imidazole rings is 1. The predicted molar refractivity (Wildman–Crippen MR) is 58.9 cm³/mol. The highest BCUT2D eigenvalue weighted by atomic mass is 32.1. The number of aliphatic hydroxyl groups excluding tert-OH is 1. The zero-order valence-corrected chi connectivity index (χ0v) is 9.17. The minimum atomic E-state index is -1.28. The van der Waals surface area contributed by atoms with Crippen molar-refractivity contribution in [2.75, 3.05) is 0 Å². The predicted octanol–water partition coefficient (Wildman–Crippen LogP) is 2.02. The van der Waals surface area contributed by atoms with Gasteiger partial charge in [0, 0.05) is 0 Å². The topological polar surface area (TPSA) is 37.5 Å². The molecule has 0 bridgehead atoms. The van der Waals surface area contributed by atoms with Gasteiger partial charge in [-0.25, -0.2) is 9.37 Å². The van der Waals surface area contributed by atoms with E-state index in [4.69, 9.17) is 6.42 Å². The van der Waals surface area contributed by atoms with Gasteiger partial charge >= 0.3 is 0 Å². The van der Waals surface area contributed by atoms with Crippen molar-refractivity contribution in [3.63, 3.8) is 0 Å². The average Bonchev–Trinajstić information content (AvgIpc) is 2.75. The van der Waals surface area contributed by atoms with Crippen LogP contribution in [0, 0.1) is 12.3 Å². The number of thiazole rings is 1. The number of halogens is 1. The molecular weight excluding hydrogens is 227 g/mol. The largest absolute Gasteiger partial charge is 0.374 e. The molecule has 82 valence electrons. The van der Waals surface area contributed by atoms with Crippen LogP contribution < -0.4 is 0 Å². The molecule has 0 radical (unpaired) electrons. The number of aliphatic hydroxyl groups is 1. The van der Waals surface area contributed by atoms with Gasteiger partial charge in [0.05, 0.1) is 16.8 Å². The van der Waals surface area contributed by atoms with Crippen LogP contribution in [0.15, 0.2) is 12.5 Å². The molecule has 1 fully saturated rings. The molecule has 2 heterocycles. The van der Waals surface area contributed by atoms with Crippen LogP contribution in [-0.2, 0) is 5.67 Å². The molecule has 0 aromatic carbocycles. The Morgan fingerprint density at radius 2 is 2.44 bits per heavy atom. The van der Waals surface area contributed by atoms with Gasteiger partial charge in [-0.2, -0.15) is 0 Å². The molecule has 0 aliphatic heterocycles. The second kappa shape index (κ2) is 3.06. The van der Waals surface area contributed by atoms with E-state index in [2.05, 4.69) is 10.9 Å².